The van der Waals surface area contributed by atoms with Crippen LogP contribution in [0.5, 0.6) is 0 Å². The van der Waals surface area contributed by atoms with Crippen LogP contribution in [0.1, 0.15) is 70.1 Å². The van der Waals surface area contributed by atoms with E-state index in [0.29, 0.717) is 18.7 Å². The zero-order valence-electron chi connectivity index (χ0n) is 12.5. The molecule has 7 nitrogen and oxygen atoms in total. The maximum atomic E-state index is 12.0. The van der Waals surface area contributed by atoms with E-state index in [0.717, 1.165) is 6.42 Å². The SMILES string of the molecule is CC[C@H](C)c1noc([C@H](CC(C)=O)NS(=O)(=O)C2CC2)n1. The van der Waals surface area contributed by atoms with E-state index >= 15 is 0 Å². The van der Waals surface area contributed by atoms with E-state index in [2.05, 4.69) is 14.9 Å². The lowest BCUT2D eigenvalue weighted by atomic mass is 10.1. The highest BCUT2D eigenvalue weighted by Crippen LogP contribution is 2.30. The van der Waals surface area contributed by atoms with Crippen molar-refractivity contribution in [3.05, 3.63) is 11.7 Å². The van der Waals surface area contributed by atoms with Crippen molar-refractivity contribution < 1.29 is 17.7 Å². The van der Waals surface area contributed by atoms with Crippen molar-refractivity contribution in [3.8, 4) is 0 Å². The number of Topliss-reactive ketones (excluding diaryl/α,β-unsaturated/α-hetero) is 1. The lowest BCUT2D eigenvalue weighted by Gasteiger charge is -2.13. The number of ketones is 1. The summed E-state index contributed by atoms with van der Waals surface area (Å²) in [5, 5.41) is 3.52. The second-order valence-corrected chi connectivity index (χ2v) is 7.61. The molecule has 21 heavy (non-hydrogen) atoms. The Hall–Kier alpha value is -1.28. The Bertz CT molecular complexity index is 607. The molecule has 1 N–H and O–H groups in total. The molecule has 0 saturated heterocycles. The van der Waals surface area contributed by atoms with Gasteiger partial charge in [-0.25, -0.2) is 13.1 Å². The van der Waals surface area contributed by atoms with E-state index < -0.39 is 16.1 Å². The van der Waals surface area contributed by atoms with E-state index in [-0.39, 0.29) is 29.3 Å². The summed E-state index contributed by atoms with van der Waals surface area (Å²) in [5.41, 5.74) is 0. The average molecular weight is 315 g/mol. The van der Waals surface area contributed by atoms with Gasteiger partial charge in [-0.1, -0.05) is 19.0 Å². The van der Waals surface area contributed by atoms with Gasteiger partial charge in [-0.05, 0) is 26.2 Å². The predicted octanol–water partition coefficient (Wildman–Crippen LogP) is 1.69. The number of nitrogens with zero attached hydrogens (tertiary/aromatic N) is 2. The van der Waals surface area contributed by atoms with Crippen molar-refractivity contribution in [2.45, 2.75) is 63.7 Å². The fourth-order valence-electron chi connectivity index (χ4n) is 1.91. The number of hydrogen-bond donors (Lipinski definition) is 1. The minimum absolute atomic E-state index is 0.00803. The molecular weight excluding hydrogens is 294 g/mol. The normalized spacial score (nSPS) is 18.4. The summed E-state index contributed by atoms with van der Waals surface area (Å²) in [6.07, 6.45) is 2.17. The summed E-state index contributed by atoms with van der Waals surface area (Å²) >= 11 is 0. The molecule has 0 unspecified atom stereocenters. The maximum Gasteiger partial charge on any atom is 0.245 e. The third-order valence-electron chi connectivity index (χ3n) is 3.57. The molecule has 8 heteroatoms. The van der Waals surface area contributed by atoms with Crippen LogP contribution in [0.25, 0.3) is 0 Å². The van der Waals surface area contributed by atoms with Crippen LogP contribution in [-0.2, 0) is 14.8 Å². The van der Waals surface area contributed by atoms with E-state index in [1.165, 1.54) is 6.92 Å². The monoisotopic (exact) mass is 315 g/mol. The number of sulfonamides is 1. The second-order valence-electron chi connectivity index (χ2n) is 5.62. The largest absolute Gasteiger partial charge is 0.338 e. The van der Waals surface area contributed by atoms with Crippen molar-refractivity contribution in [1.29, 1.82) is 0 Å². The first-order chi connectivity index (χ1) is 9.83. The van der Waals surface area contributed by atoms with Crippen LogP contribution in [-0.4, -0.2) is 29.6 Å². The van der Waals surface area contributed by atoms with Crippen molar-refractivity contribution in [2.24, 2.45) is 0 Å². The topological polar surface area (TPSA) is 102 Å². The van der Waals surface area contributed by atoms with Gasteiger partial charge < -0.3 is 4.52 Å². The molecule has 1 fully saturated rings. The molecule has 0 aliphatic heterocycles. The quantitative estimate of drug-likeness (QED) is 0.783. The van der Waals surface area contributed by atoms with Gasteiger partial charge in [0.25, 0.3) is 0 Å². The van der Waals surface area contributed by atoms with Gasteiger partial charge in [0.15, 0.2) is 5.82 Å². The molecule has 0 amide bonds. The highest BCUT2D eigenvalue weighted by molar-refractivity contribution is 7.90. The molecule has 1 aliphatic carbocycles. The van der Waals surface area contributed by atoms with Gasteiger partial charge in [-0.3, -0.25) is 4.79 Å². The fourth-order valence-corrected chi connectivity index (χ4v) is 3.44. The van der Waals surface area contributed by atoms with E-state index in [9.17, 15) is 13.2 Å². The number of carbonyl (C=O) groups excluding carboxylic acids is 1. The van der Waals surface area contributed by atoms with Gasteiger partial charge in [0, 0.05) is 12.3 Å². The highest BCUT2D eigenvalue weighted by atomic mass is 32.2. The Balaban J connectivity index is 2.19. The molecule has 1 aromatic heterocycles. The number of rotatable bonds is 8. The Labute approximate surface area is 124 Å². The predicted molar refractivity (Wildman–Crippen MR) is 76.1 cm³/mol. The first-order valence-corrected chi connectivity index (χ1v) is 8.72. The van der Waals surface area contributed by atoms with Crippen LogP contribution < -0.4 is 4.72 Å². The first kappa shape index (κ1) is 16.1. The van der Waals surface area contributed by atoms with Crippen molar-refractivity contribution in [2.75, 3.05) is 0 Å². The van der Waals surface area contributed by atoms with Crippen LogP contribution in [0.3, 0.4) is 0 Å². The summed E-state index contributed by atoms with van der Waals surface area (Å²) in [5.74, 6) is 0.679. The van der Waals surface area contributed by atoms with Gasteiger partial charge in [0.2, 0.25) is 15.9 Å². The fraction of sp³-hybridized carbons (Fsp3) is 0.769. The van der Waals surface area contributed by atoms with Gasteiger partial charge in [-0.2, -0.15) is 4.98 Å². The third-order valence-corrected chi connectivity index (χ3v) is 5.53. The number of hydrogen-bond acceptors (Lipinski definition) is 6. The second kappa shape index (κ2) is 6.23. The number of aromatic nitrogens is 2. The number of carbonyl (C=O) groups is 1. The Morgan fingerprint density at radius 1 is 1.48 bits per heavy atom. The smallest absolute Gasteiger partial charge is 0.245 e. The summed E-state index contributed by atoms with van der Waals surface area (Å²) in [4.78, 5) is 15.6. The summed E-state index contributed by atoms with van der Waals surface area (Å²) in [6, 6.07) is -0.779. The zero-order valence-corrected chi connectivity index (χ0v) is 13.3. The highest BCUT2D eigenvalue weighted by Gasteiger charge is 2.38. The minimum Gasteiger partial charge on any atom is -0.338 e. The van der Waals surface area contributed by atoms with Crippen LogP contribution in [0, 0.1) is 0 Å². The molecule has 0 bridgehead atoms. The van der Waals surface area contributed by atoms with Crippen LogP contribution >= 0.6 is 0 Å². The molecule has 1 aliphatic rings. The molecule has 0 aromatic carbocycles. The molecule has 2 atom stereocenters. The van der Waals surface area contributed by atoms with E-state index in [1.807, 2.05) is 13.8 Å². The molecule has 0 spiro atoms. The van der Waals surface area contributed by atoms with Crippen LogP contribution in [0.2, 0.25) is 0 Å². The van der Waals surface area contributed by atoms with Crippen LogP contribution in [0.4, 0.5) is 0 Å². The van der Waals surface area contributed by atoms with Crippen molar-refractivity contribution in [3.63, 3.8) is 0 Å². The summed E-state index contributed by atoms with van der Waals surface area (Å²) in [6.45, 7) is 5.37. The van der Waals surface area contributed by atoms with Gasteiger partial charge >= 0.3 is 0 Å². The van der Waals surface area contributed by atoms with E-state index in [1.54, 1.807) is 0 Å². The first-order valence-electron chi connectivity index (χ1n) is 7.17. The zero-order chi connectivity index (χ0) is 15.6. The Morgan fingerprint density at radius 2 is 2.14 bits per heavy atom. The molecular formula is C13H21N3O4S. The van der Waals surface area contributed by atoms with Crippen molar-refractivity contribution in [1.82, 2.24) is 14.9 Å². The van der Waals surface area contributed by atoms with E-state index in [4.69, 9.17) is 4.52 Å². The molecule has 2 rings (SSSR count). The molecule has 1 heterocycles. The summed E-state index contributed by atoms with van der Waals surface area (Å²) in [7, 11) is -3.43. The van der Waals surface area contributed by atoms with Crippen molar-refractivity contribution >= 4 is 15.8 Å². The molecule has 118 valence electrons. The van der Waals surface area contributed by atoms with Gasteiger partial charge in [0.1, 0.15) is 11.8 Å². The molecule has 1 aromatic rings. The standard InChI is InChI=1S/C13H21N3O4S/c1-4-8(2)12-14-13(20-15-12)11(7-9(3)17)16-21(18,19)10-5-6-10/h8,10-11,16H,4-7H2,1-3H3/t8-,11-/m0/s1. The minimum atomic E-state index is -3.43. The maximum absolute atomic E-state index is 12.0. The third kappa shape index (κ3) is 4.10. The average Bonchev–Trinajstić information content (AvgIpc) is 3.15. The Kier molecular flexibility index (Phi) is 4.77. The Morgan fingerprint density at radius 3 is 2.67 bits per heavy atom. The lowest BCUT2D eigenvalue weighted by molar-refractivity contribution is -0.117. The van der Waals surface area contributed by atoms with Crippen LogP contribution in [0.15, 0.2) is 4.52 Å². The number of nitrogens with one attached hydrogen (secondary N) is 1. The molecule has 0 radical (unpaired) electrons. The van der Waals surface area contributed by atoms with Gasteiger partial charge in [-0.15, -0.1) is 0 Å². The summed E-state index contributed by atoms with van der Waals surface area (Å²) < 4.78 is 31.8. The van der Waals surface area contributed by atoms with Gasteiger partial charge in [0.05, 0.1) is 5.25 Å². The lowest BCUT2D eigenvalue weighted by Crippen LogP contribution is -2.32. The molecule has 1 saturated carbocycles.